The lowest BCUT2D eigenvalue weighted by atomic mass is 9.76. The Morgan fingerprint density at radius 1 is 1.47 bits per heavy atom. The highest BCUT2D eigenvalue weighted by Crippen LogP contribution is 2.33. The van der Waals surface area contributed by atoms with Crippen molar-refractivity contribution in [1.29, 1.82) is 0 Å². The van der Waals surface area contributed by atoms with Crippen LogP contribution in [0.5, 0.6) is 0 Å². The number of aliphatic hydroxyl groups is 1. The van der Waals surface area contributed by atoms with Gasteiger partial charge in [0.05, 0.1) is 6.42 Å². The SMILES string of the molecule is CC1CCC(O)(C(=O)Cc2ccccn2)CC1. The molecule has 1 aromatic rings. The number of nitrogens with zero attached hydrogens (tertiary/aromatic N) is 1. The van der Waals surface area contributed by atoms with E-state index < -0.39 is 5.60 Å². The number of carbonyl (C=O) groups is 1. The van der Waals surface area contributed by atoms with Crippen LogP contribution < -0.4 is 0 Å². The summed E-state index contributed by atoms with van der Waals surface area (Å²) in [4.78, 5) is 16.2. The minimum absolute atomic E-state index is 0.0805. The van der Waals surface area contributed by atoms with Crippen molar-refractivity contribution in [3.63, 3.8) is 0 Å². The predicted octanol–water partition coefficient (Wildman–Crippen LogP) is 2.13. The minimum atomic E-state index is -1.11. The Morgan fingerprint density at radius 2 is 2.18 bits per heavy atom. The van der Waals surface area contributed by atoms with Gasteiger partial charge in [0.15, 0.2) is 5.78 Å². The van der Waals surface area contributed by atoms with Crippen LogP contribution >= 0.6 is 0 Å². The van der Waals surface area contributed by atoms with E-state index in [2.05, 4.69) is 11.9 Å². The van der Waals surface area contributed by atoms with E-state index in [9.17, 15) is 9.90 Å². The fraction of sp³-hybridized carbons (Fsp3) is 0.571. The van der Waals surface area contributed by atoms with E-state index in [1.165, 1.54) is 0 Å². The Kier molecular flexibility index (Phi) is 3.57. The summed E-state index contributed by atoms with van der Waals surface area (Å²) >= 11 is 0. The van der Waals surface area contributed by atoms with Crippen LogP contribution in [0.25, 0.3) is 0 Å². The molecule has 0 aromatic carbocycles. The molecule has 1 fully saturated rings. The largest absolute Gasteiger partial charge is 0.382 e. The summed E-state index contributed by atoms with van der Waals surface area (Å²) in [5.74, 6) is 0.543. The minimum Gasteiger partial charge on any atom is -0.382 e. The Hall–Kier alpha value is -1.22. The van der Waals surface area contributed by atoms with E-state index in [-0.39, 0.29) is 12.2 Å². The van der Waals surface area contributed by atoms with E-state index in [1.54, 1.807) is 6.20 Å². The van der Waals surface area contributed by atoms with Crippen molar-refractivity contribution >= 4 is 5.78 Å². The molecule has 3 heteroatoms. The normalized spacial score (nSPS) is 28.9. The fourth-order valence-corrected chi connectivity index (χ4v) is 2.35. The molecule has 1 aliphatic rings. The molecule has 0 spiro atoms. The lowest BCUT2D eigenvalue weighted by Gasteiger charge is -2.33. The Labute approximate surface area is 102 Å². The maximum atomic E-state index is 12.1. The molecule has 1 aliphatic carbocycles. The molecule has 0 radical (unpaired) electrons. The highest BCUT2D eigenvalue weighted by atomic mass is 16.3. The van der Waals surface area contributed by atoms with Crippen LogP contribution in [0.3, 0.4) is 0 Å². The first-order valence-electron chi connectivity index (χ1n) is 6.26. The summed E-state index contributed by atoms with van der Waals surface area (Å²) < 4.78 is 0. The van der Waals surface area contributed by atoms with Crippen LogP contribution in [-0.4, -0.2) is 21.5 Å². The third-order valence-corrected chi connectivity index (χ3v) is 3.69. The summed E-state index contributed by atoms with van der Waals surface area (Å²) in [6, 6.07) is 5.51. The van der Waals surface area contributed by atoms with E-state index in [0.717, 1.165) is 18.5 Å². The Bertz CT molecular complexity index is 380. The summed E-state index contributed by atoms with van der Waals surface area (Å²) in [5, 5.41) is 10.3. The van der Waals surface area contributed by atoms with E-state index >= 15 is 0 Å². The molecule has 1 heterocycles. The van der Waals surface area contributed by atoms with Gasteiger partial charge in [0.25, 0.3) is 0 Å². The molecule has 0 aliphatic heterocycles. The van der Waals surface area contributed by atoms with Gasteiger partial charge in [-0.05, 0) is 43.7 Å². The van der Waals surface area contributed by atoms with Gasteiger partial charge in [0.2, 0.25) is 0 Å². The smallest absolute Gasteiger partial charge is 0.170 e. The van der Waals surface area contributed by atoms with Crippen molar-refractivity contribution in [1.82, 2.24) is 4.98 Å². The number of hydrogen-bond acceptors (Lipinski definition) is 3. The van der Waals surface area contributed by atoms with Gasteiger partial charge in [-0.15, -0.1) is 0 Å². The first-order valence-corrected chi connectivity index (χ1v) is 6.26. The number of hydrogen-bond donors (Lipinski definition) is 1. The van der Waals surface area contributed by atoms with Crippen LogP contribution in [-0.2, 0) is 11.2 Å². The number of rotatable bonds is 3. The Morgan fingerprint density at radius 3 is 2.76 bits per heavy atom. The van der Waals surface area contributed by atoms with Crippen molar-refractivity contribution in [2.75, 3.05) is 0 Å². The van der Waals surface area contributed by atoms with Crippen LogP contribution in [0, 0.1) is 5.92 Å². The summed E-state index contributed by atoms with van der Waals surface area (Å²) in [7, 11) is 0. The number of aromatic nitrogens is 1. The van der Waals surface area contributed by atoms with Crippen molar-refractivity contribution in [2.24, 2.45) is 5.92 Å². The fourth-order valence-electron chi connectivity index (χ4n) is 2.35. The maximum Gasteiger partial charge on any atom is 0.170 e. The molecule has 0 unspecified atom stereocenters. The molecule has 2 rings (SSSR count). The third kappa shape index (κ3) is 2.91. The Balaban J connectivity index is 2.00. The molecule has 0 saturated heterocycles. The van der Waals surface area contributed by atoms with Gasteiger partial charge in [-0.2, -0.15) is 0 Å². The molecule has 3 nitrogen and oxygen atoms in total. The van der Waals surface area contributed by atoms with Gasteiger partial charge in [-0.25, -0.2) is 0 Å². The molecule has 1 N–H and O–H groups in total. The standard InChI is InChI=1S/C14H19NO2/c1-11-5-7-14(17,8-6-11)13(16)10-12-4-2-3-9-15-12/h2-4,9,11,17H,5-8,10H2,1H3. The molecule has 1 aromatic heterocycles. The second-order valence-electron chi connectivity index (χ2n) is 5.14. The molecule has 17 heavy (non-hydrogen) atoms. The molecule has 0 atom stereocenters. The lowest BCUT2D eigenvalue weighted by Crippen LogP contribution is -2.42. The summed E-state index contributed by atoms with van der Waals surface area (Å²) in [5.41, 5.74) is -0.367. The first-order chi connectivity index (χ1) is 8.10. The number of Topliss-reactive ketones (excluding diaryl/α,β-unsaturated/α-hetero) is 1. The van der Waals surface area contributed by atoms with Crippen molar-refractivity contribution in [3.8, 4) is 0 Å². The first kappa shape index (κ1) is 12.2. The quantitative estimate of drug-likeness (QED) is 0.870. The topological polar surface area (TPSA) is 50.2 Å². The lowest BCUT2D eigenvalue weighted by molar-refractivity contribution is -0.140. The van der Waals surface area contributed by atoms with Gasteiger partial charge in [0, 0.05) is 11.9 Å². The average molecular weight is 233 g/mol. The third-order valence-electron chi connectivity index (χ3n) is 3.69. The highest BCUT2D eigenvalue weighted by molar-refractivity contribution is 5.88. The molecule has 1 saturated carbocycles. The number of pyridine rings is 1. The van der Waals surface area contributed by atoms with Crippen LogP contribution in [0.15, 0.2) is 24.4 Å². The summed E-state index contributed by atoms with van der Waals surface area (Å²) in [6.07, 6.45) is 4.98. The molecule has 0 bridgehead atoms. The highest BCUT2D eigenvalue weighted by Gasteiger charge is 2.38. The monoisotopic (exact) mass is 233 g/mol. The summed E-state index contributed by atoms with van der Waals surface area (Å²) in [6.45, 7) is 2.17. The zero-order valence-electron chi connectivity index (χ0n) is 10.2. The van der Waals surface area contributed by atoms with Crippen LogP contribution in [0.1, 0.15) is 38.3 Å². The van der Waals surface area contributed by atoms with Gasteiger partial charge in [0.1, 0.15) is 5.60 Å². The molecular weight excluding hydrogens is 214 g/mol. The van der Waals surface area contributed by atoms with Crippen molar-refractivity contribution in [3.05, 3.63) is 30.1 Å². The number of ketones is 1. The number of carbonyl (C=O) groups excluding carboxylic acids is 1. The van der Waals surface area contributed by atoms with Crippen LogP contribution in [0.2, 0.25) is 0 Å². The second-order valence-corrected chi connectivity index (χ2v) is 5.14. The predicted molar refractivity (Wildman–Crippen MR) is 65.5 cm³/mol. The molecular formula is C14H19NO2. The second kappa shape index (κ2) is 4.96. The van der Waals surface area contributed by atoms with E-state index in [1.807, 2.05) is 18.2 Å². The van der Waals surface area contributed by atoms with Gasteiger partial charge in [-0.1, -0.05) is 13.0 Å². The van der Waals surface area contributed by atoms with E-state index in [0.29, 0.717) is 18.8 Å². The average Bonchev–Trinajstić information content (AvgIpc) is 2.34. The zero-order chi connectivity index (χ0) is 12.3. The van der Waals surface area contributed by atoms with E-state index in [4.69, 9.17) is 0 Å². The maximum absolute atomic E-state index is 12.1. The zero-order valence-corrected chi connectivity index (χ0v) is 10.2. The van der Waals surface area contributed by atoms with Crippen molar-refractivity contribution < 1.29 is 9.90 Å². The van der Waals surface area contributed by atoms with Gasteiger partial charge >= 0.3 is 0 Å². The molecule has 0 amide bonds. The molecule has 92 valence electrons. The van der Waals surface area contributed by atoms with Crippen LogP contribution in [0.4, 0.5) is 0 Å². The van der Waals surface area contributed by atoms with Gasteiger partial charge in [-0.3, -0.25) is 9.78 Å². The van der Waals surface area contributed by atoms with Gasteiger partial charge < -0.3 is 5.11 Å². The van der Waals surface area contributed by atoms with Crippen molar-refractivity contribution in [2.45, 2.75) is 44.6 Å².